The summed E-state index contributed by atoms with van der Waals surface area (Å²) in [4.78, 5) is 25.8. The van der Waals surface area contributed by atoms with Crippen molar-refractivity contribution in [3.8, 4) is 0 Å². The first-order valence-corrected chi connectivity index (χ1v) is 24.3. The van der Waals surface area contributed by atoms with Crippen molar-refractivity contribution in [2.75, 3.05) is 19.8 Å². The number of carboxylic acids is 1. The summed E-state index contributed by atoms with van der Waals surface area (Å²) in [6, 6.07) is -1.20. The molecule has 3 aliphatic heterocycles. The molecule has 0 radical (unpaired) electrons. The second kappa shape index (κ2) is 18.0. The molecule has 67 heavy (non-hydrogen) atoms. The van der Waals surface area contributed by atoms with E-state index in [-0.39, 0.29) is 29.3 Å². The van der Waals surface area contributed by atoms with Crippen molar-refractivity contribution in [2.24, 2.45) is 50.2 Å². The lowest BCUT2D eigenvalue weighted by Gasteiger charge is -2.72. The van der Waals surface area contributed by atoms with Crippen molar-refractivity contribution in [2.45, 2.75) is 205 Å². The van der Waals surface area contributed by atoms with Crippen LogP contribution in [0.4, 0.5) is 0 Å². The second-order valence-corrected chi connectivity index (χ2v) is 23.5. The Hall–Kier alpha value is -1.92. The maximum Gasteiger partial charge on any atom is 0.313 e. The van der Waals surface area contributed by atoms with E-state index in [1.54, 1.807) is 0 Å². The number of aliphatic hydroxyl groups is 9. The lowest BCUT2D eigenvalue weighted by molar-refractivity contribution is -0.352. The van der Waals surface area contributed by atoms with Gasteiger partial charge >= 0.3 is 5.97 Å². The Balaban J connectivity index is 1.01. The number of rotatable bonds is 9. The zero-order valence-corrected chi connectivity index (χ0v) is 40.1. The number of hydrogen-bond donors (Lipinski definition) is 11. The number of aliphatic carboxylic acids is 1. The Morgan fingerprint density at radius 1 is 0.731 bits per heavy atom. The number of allylic oxidation sites excluding steroid dienone is 1. The van der Waals surface area contributed by atoms with Gasteiger partial charge in [0.2, 0.25) is 5.91 Å². The number of fused-ring (bicyclic) bond motifs is 7. The molecule has 8 rings (SSSR count). The summed E-state index contributed by atoms with van der Waals surface area (Å²) >= 11 is 0. The van der Waals surface area contributed by atoms with Crippen LogP contribution in [-0.2, 0) is 38.0 Å². The molecule has 3 saturated heterocycles. The maximum absolute atomic E-state index is 13.2. The van der Waals surface area contributed by atoms with Crippen LogP contribution in [0, 0.1) is 50.2 Å². The fourth-order valence-corrected chi connectivity index (χ4v) is 15.0. The van der Waals surface area contributed by atoms with E-state index in [1.165, 1.54) is 6.92 Å². The molecule has 7 fully saturated rings. The molecule has 3 heterocycles. The SMILES string of the molecule is CC(=O)NC1C(OC2CCC3(C)C(CCC4(C)C3CC=C3C5CC(C)(C)CCC5(C(=O)O)C(O)C(O)C34C)C2(C)C)OC(COC2OCC(O)C(O)C2OC2OCC(O)C(O)C2O)C(O)C1O. The van der Waals surface area contributed by atoms with E-state index in [0.717, 1.165) is 12.0 Å². The Bertz CT molecular complexity index is 1880. The number of amides is 1. The summed E-state index contributed by atoms with van der Waals surface area (Å²) in [5.74, 6) is -1.84. The molecule has 0 spiro atoms. The lowest BCUT2D eigenvalue weighted by atomic mass is 9.32. The summed E-state index contributed by atoms with van der Waals surface area (Å²) in [5, 5.41) is 113. The molecule has 0 aromatic carbocycles. The fraction of sp³-hybridized carbons (Fsp3) is 0.917. The van der Waals surface area contributed by atoms with E-state index < -0.39 is 151 Å². The highest BCUT2D eigenvalue weighted by Crippen LogP contribution is 2.76. The Labute approximate surface area is 392 Å². The highest BCUT2D eigenvalue weighted by atomic mass is 16.8. The molecule has 0 bridgehead atoms. The molecule has 11 N–H and O–H groups in total. The summed E-state index contributed by atoms with van der Waals surface area (Å²) in [6.07, 6.45) is -14.1. The molecule has 5 aliphatic carbocycles. The maximum atomic E-state index is 13.2. The summed E-state index contributed by atoms with van der Waals surface area (Å²) in [5.41, 5.74) is -2.84. The zero-order chi connectivity index (χ0) is 49.1. The first kappa shape index (κ1) is 51.4. The van der Waals surface area contributed by atoms with Crippen molar-refractivity contribution in [1.29, 1.82) is 0 Å². The molecular weight excluding hydrogens is 879 g/mol. The molecular formula is C48H77NO18. The third kappa shape index (κ3) is 8.06. The van der Waals surface area contributed by atoms with E-state index in [1.807, 2.05) is 0 Å². The average molecular weight is 956 g/mol. The van der Waals surface area contributed by atoms with Crippen LogP contribution in [0.15, 0.2) is 11.6 Å². The topological polar surface area (TPSA) is 304 Å². The Morgan fingerprint density at radius 3 is 2.04 bits per heavy atom. The number of ether oxygens (including phenoxy) is 6. The van der Waals surface area contributed by atoms with E-state index in [9.17, 15) is 60.7 Å². The van der Waals surface area contributed by atoms with Gasteiger partial charge in [-0.05, 0) is 90.8 Å². The molecule has 23 atom stereocenters. The van der Waals surface area contributed by atoms with Gasteiger partial charge in [0.05, 0.1) is 38.1 Å². The number of aliphatic hydroxyl groups excluding tert-OH is 9. The van der Waals surface area contributed by atoms with Gasteiger partial charge < -0.3 is 84.8 Å². The van der Waals surface area contributed by atoms with Gasteiger partial charge in [-0.2, -0.15) is 0 Å². The first-order valence-electron chi connectivity index (χ1n) is 24.3. The highest BCUT2D eigenvalue weighted by Gasteiger charge is 2.74. The van der Waals surface area contributed by atoms with Gasteiger partial charge in [0.15, 0.2) is 18.9 Å². The molecule has 382 valence electrons. The predicted molar refractivity (Wildman–Crippen MR) is 233 cm³/mol. The molecule has 1 amide bonds. The Morgan fingerprint density at radius 2 is 1.39 bits per heavy atom. The Kier molecular flexibility index (Phi) is 13.8. The van der Waals surface area contributed by atoms with Crippen LogP contribution in [0.25, 0.3) is 0 Å². The summed E-state index contributed by atoms with van der Waals surface area (Å²) in [6.45, 7) is 15.3. The molecule has 19 nitrogen and oxygen atoms in total. The van der Waals surface area contributed by atoms with Crippen LogP contribution in [0.2, 0.25) is 0 Å². The van der Waals surface area contributed by atoms with Crippen LogP contribution >= 0.6 is 0 Å². The number of carbonyl (C=O) groups is 2. The van der Waals surface area contributed by atoms with Crippen LogP contribution in [0.5, 0.6) is 0 Å². The van der Waals surface area contributed by atoms with Crippen molar-refractivity contribution in [3.05, 3.63) is 11.6 Å². The fourth-order valence-electron chi connectivity index (χ4n) is 15.0. The largest absolute Gasteiger partial charge is 0.481 e. The molecule has 23 unspecified atom stereocenters. The van der Waals surface area contributed by atoms with Gasteiger partial charge in [-0.25, -0.2) is 0 Å². The van der Waals surface area contributed by atoms with Gasteiger partial charge in [-0.3, -0.25) is 9.59 Å². The molecule has 0 aromatic rings. The van der Waals surface area contributed by atoms with Gasteiger partial charge in [0.25, 0.3) is 0 Å². The minimum atomic E-state index is -1.72. The number of carbonyl (C=O) groups excluding carboxylic acids is 1. The van der Waals surface area contributed by atoms with Gasteiger partial charge in [-0.1, -0.05) is 60.1 Å². The number of nitrogens with one attached hydrogen (secondary N) is 1. The number of hydrogen-bond acceptors (Lipinski definition) is 17. The van der Waals surface area contributed by atoms with Crippen LogP contribution < -0.4 is 5.32 Å². The molecule has 0 aromatic heterocycles. The normalized spacial score (nSPS) is 52.6. The zero-order valence-electron chi connectivity index (χ0n) is 40.1. The van der Waals surface area contributed by atoms with Crippen molar-refractivity contribution in [3.63, 3.8) is 0 Å². The molecule has 8 aliphatic rings. The standard InChI is InChI=1S/C48H77NO18/c1-21(50)49-30-34(56)33(55)26(20-64-41-36(32(54)25(52)19-63-41)67-40-35(57)31(53)24(51)18-62-40)65-39(30)66-29-12-13-45(6)27(44(29,4)5)11-14-46(7)28(45)10-9-22-23-17-43(2,3)15-16-48(23,42(60)61)38(59)37(58)47(22,46)8/h9,23-41,51-59H,10-20H2,1-8H3,(H,49,50)(H,60,61). The smallest absolute Gasteiger partial charge is 0.313 e. The van der Waals surface area contributed by atoms with Gasteiger partial charge in [0.1, 0.15) is 66.4 Å². The first-order chi connectivity index (χ1) is 31.2. The van der Waals surface area contributed by atoms with Gasteiger partial charge in [-0.15, -0.1) is 0 Å². The quantitative estimate of drug-likeness (QED) is 0.108. The van der Waals surface area contributed by atoms with E-state index in [0.29, 0.717) is 44.9 Å². The van der Waals surface area contributed by atoms with E-state index in [2.05, 4.69) is 59.9 Å². The minimum absolute atomic E-state index is 0.0547. The van der Waals surface area contributed by atoms with Gasteiger partial charge in [0, 0.05) is 12.3 Å². The van der Waals surface area contributed by atoms with Crippen LogP contribution in [0.3, 0.4) is 0 Å². The summed E-state index contributed by atoms with van der Waals surface area (Å²) < 4.78 is 36.0. The summed E-state index contributed by atoms with van der Waals surface area (Å²) in [7, 11) is 0. The third-order valence-corrected chi connectivity index (χ3v) is 19.1. The average Bonchev–Trinajstić information content (AvgIpc) is 3.25. The lowest BCUT2D eigenvalue weighted by Crippen LogP contribution is -2.72. The van der Waals surface area contributed by atoms with E-state index >= 15 is 0 Å². The molecule has 4 saturated carbocycles. The van der Waals surface area contributed by atoms with Crippen molar-refractivity contribution >= 4 is 11.9 Å². The van der Waals surface area contributed by atoms with Crippen LogP contribution in [-0.4, -0.2) is 181 Å². The number of carboxylic acid groups (broad SMARTS) is 1. The van der Waals surface area contributed by atoms with E-state index in [4.69, 9.17) is 28.4 Å². The third-order valence-electron chi connectivity index (χ3n) is 19.1. The van der Waals surface area contributed by atoms with Crippen molar-refractivity contribution in [1.82, 2.24) is 5.32 Å². The molecule has 19 heteroatoms. The monoisotopic (exact) mass is 956 g/mol. The second-order valence-electron chi connectivity index (χ2n) is 23.5. The highest BCUT2D eigenvalue weighted by molar-refractivity contribution is 5.78. The predicted octanol–water partition coefficient (Wildman–Crippen LogP) is 0.0698. The van der Waals surface area contributed by atoms with Crippen molar-refractivity contribution < 1.29 is 89.1 Å². The van der Waals surface area contributed by atoms with Crippen LogP contribution in [0.1, 0.15) is 107 Å². The minimum Gasteiger partial charge on any atom is -0.481 e.